The molecule has 2 aromatic rings. The maximum Gasteiger partial charge on any atom is 0.251 e. The van der Waals surface area contributed by atoms with Crippen molar-refractivity contribution in [1.82, 2.24) is 15.5 Å². The van der Waals surface area contributed by atoms with Crippen LogP contribution in [0.3, 0.4) is 0 Å². The van der Waals surface area contributed by atoms with E-state index in [4.69, 9.17) is 4.74 Å². The Hall–Kier alpha value is -2.70. The molecule has 0 spiro atoms. The minimum Gasteiger partial charge on any atom is -0.379 e. The van der Waals surface area contributed by atoms with Crippen LogP contribution in [0.25, 0.3) is 0 Å². The lowest BCUT2D eigenvalue weighted by atomic mass is 10.0. The van der Waals surface area contributed by atoms with Crippen LogP contribution in [-0.2, 0) is 16.0 Å². The number of nitrogens with zero attached hydrogens (tertiary/aromatic N) is 1. The predicted molar refractivity (Wildman–Crippen MR) is 122 cm³/mol. The summed E-state index contributed by atoms with van der Waals surface area (Å²) >= 11 is 0. The summed E-state index contributed by atoms with van der Waals surface area (Å²) in [5.74, 6) is -0.0119. The molecule has 0 aromatic heterocycles. The molecule has 3 rings (SSSR count). The first-order valence-corrected chi connectivity index (χ1v) is 11.0. The summed E-state index contributed by atoms with van der Waals surface area (Å²) in [6.45, 7) is 8.08. The smallest absolute Gasteiger partial charge is 0.251 e. The number of nitrogens with one attached hydrogen (secondary N) is 2. The van der Waals surface area contributed by atoms with Crippen molar-refractivity contribution in [2.75, 3.05) is 32.8 Å². The molecular formula is C25H33N3O3. The molecule has 6 nitrogen and oxygen atoms in total. The zero-order valence-corrected chi connectivity index (χ0v) is 18.4. The van der Waals surface area contributed by atoms with Gasteiger partial charge in [-0.25, -0.2) is 0 Å². The first-order chi connectivity index (χ1) is 15.0. The fraction of sp³-hybridized carbons (Fsp3) is 0.440. The highest BCUT2D eigenvalue weighted by Crippen LogP contribution is 2.13. The molecular weight excluding hydrogens is 390 g/mol. The van der Waals surface area contributed by atoms with Gasteiger partial charge >= 0.3 is 0 Å². The molecule has 0 radical (unpaired) electrons. The van der Waals surface area contributed by atoms with Crippen molar-refractivity contribution < 1.29 is 14.3 Å². The molecule has 0 bridgehead atoms. The third kappa shape index (κ3) is 6.91. The van der Waals surface area contributed by atoms with Crippen LogP contribution in [0.15, 0.2) is 60.7 Å². The Balaban J connectivity index is 1.67. The highest BCUT2D eigenvalue weighted by molar-refractivity contribution is 5.97. The Bertz CT molecular complexity index is 820. The van der Waals surface area contributed by atoms with Crippen molar-refractivity contribution in [2.24, 2.45) is 5.92 Å². The monoisotopic (exact) mass is 423 g/mol. The highest BCUT2D eigenvalue weighted by Gasteiger charge is 2.27. The second-order valence-electron chi connectivity index (χ2n) is 8.29. The first kappa shape index (κ1) is 23.0. The molecule has 2 unspecified atom stereocenters. The third-order valence-corrected chi connectivity index (χ3v) is 5.71. The van der Waals surface area contributed by atoms with Gasteiger partial charge in [-0.2, -0.15) is 0 Å². The van der Waals surface area contributed by atoms with Crippen LogP contribution in [0, 0.1) is 5.92 Å². The van der Waals surface area contributed by atoms with Gasteiger partial charge in [-0.15, -0.1) is 0 Å². The Morgan fingerprint density at radius 3 is 2.19 bits per heavy atom. The predicted octanol–water partition coefficient (Wildman–Crippen LogP) is 2.50. The van der Waals surface area contributed by atoms with Gasteiger partial charge in [-0.3, -0.25) is 14.5 Å². The number of hydrogen-bond donors (Lipinski definition) is 2. The highest BCUT2D eigenvalue weighted by atomic mass is 16.5. The number of rotatable bonds is 9. The minimum atomic E-state index is -0.646. The molecule has 2 amide bonds. The Labute approximate surface area is 185 Å². The van der Waals surface area contributed by atoms with E-state index in [0.29, 0.717) is 24.4 Å². The van der Waals surface area contributed by atoms with E-state index in [0.717, 1.165) is 31.9 Å². The van der Waals surface area contributed by atoms with Gasteiger partial charge < -0.3 is 15.4 Å². The molecule has 6 heteroatoms. The van der Waals surface area contributed by atoms with Crippen LogP contribution in [-0.4, -0.2) is 61.6 Å². The summed E-state index contributed by atoms with van der Waals surface area (Å²) < 4.78 is 5.47. The van der Waals surface area contributed by atoms with Crippen LogP contribution in [0.4, 0.5) is 0 Å². The molecule has 31 heavy (non-hydrogen) atoms. The van der Waals surface area contributed by atoms with Gasteiger partial charge in [0.2, 0.25) is 5.91 Å². The largest absolute Gasteiger partial charge is 0.379 e. The second kappa shape index (κ2) is 11.6. The van der Waals surface area contributed by atoms with E-state index in [1.165, 1.54) is 0 Å². The summed E-state index contributed by atoms with van der Waals surface area (Å²) in [5, 5.41) is 6.03. The van der Waals surface area contributed by atoms with Crippen LogP contribution < -0.4 is 10.6 Å². The number of carbonyl (C=O) groups excluding carboxylic acids is 2. The van der Waals surface area contributed by atoms with Gasteiger partial charge in [0, 0.05) is 37.7 Å². The molecule has 2 aromatic carbocycles. The molecule has 1 aliphatic heterocycles. The fourth-order valence-corrected chi connectivity index (χ4v) is 3.91. The molecule has 2 N–H and O–H groups in total. The lowest BCUT2D eigenvalue weighted by Crippen LogP contribution is -2.54. The van der Waals surface area contributed by atoms with Crippen LogP contribution >= 0.6 is 0 Å². The molecule has 0 saturated carbocycles. The summed E-state index contributed by atoms with van der Waals surface area (Å²) in [7, 11) is 0. The Kier molecular flexibility index (Phi) is 8.62. The summed E-state index contributed by atoms with van der Waals surface area (Å²) in [4.78, 5) is 28.3. The molecule has 1 heterocycles. The third-order valence-electron chi connectivity index (χ3n) is 5.71. The SMILES string of the molecule is CC(C)C(CNC(=O)C(Cc1ccccc1)NC(=O)c1ccccc1)N1CCOCC1. The van der Waals surface area contributed by atoms with Crippen molar-refractivity contribution in [3.63, 3.8) is 0 Å². The van der Waals surface area contributed by atoms with Crippen molar-refractivity contribution in [2.45, 2.75) is 32.4 Å². The van der Waals surface area contributed by atoms with E-state index in [9.17, 15) is 9.59 Å². The number of benzene rings is 2. The number of ether oxygens (including phenoxy) is 1. The fourth-order valence-electron chi connectivity index (χ4n) is 3.91. The van der Waals surface area contributed by atoms with Crippen LogP contribution in [0.5, 0.6) is 0 Å². The van der Waals surface area contributed by atoms with Gasteiger partial charge in [-0.1, -0.05) is 62.4 Å². The van der Waals surface area contributed by atoms with Gasteiger partial charge in [-0.05, 0) is 23.6 Å². The number of amides is 2. The average Bonchev–Trinajstić information content (AvgIpc) is 2.80. The molecule has 0 aliphatic carbocycles. The summed E-state index contributed by atoms with van der Waals surface area (Å²) in [6.07, 6.45) is 0.440. The second-order valence-corrected chi connectivity index (χ2v) is 8.29. The maximum absolute atomic E-state index is 13.2. The molecule has 2 atom stereocenters. The number of carbonyl (C=O) groups is 2. The molecule has 1 fully saturated rings. The standard InChI is InChI=1S/C25H33N3O3/c1-19(2)23(28-13-15-31-16-14-28)18-26-25(30)22(17-20-9-5-3-6-10-20)27-24(29)21-11-7-4-8-12-21/h3-12,19,22-23H,13-18H2,1-2H3,(H,26,30)(H,27,29). The van der Waals surface area contributed by atoms with Gasteiger partial charge in [0.05, 0.1) is 13.2 Å². The molecule has 1 aliphatic rings. The first-order valence-electron chi connectivity index (χ1n) is 11.0. The van der Waals surface area contributed by atoms with Crippen molar-refractivity contribution >= 4 is 11.8 Å². The summed E-state index contributed by atoms with van der Waals surface area (Å²) in [5.41, 5.74) is 1.55. The lowest BCUT2D eigenvalue weighted by Gasteiger charge is -2.37. The van der Waals surface area contributed by atoms with Crippen molar-refractivity contribution in [3.8, 4) is 0 Å². The quantitative estimate of drug-likeness (QED) is 0.650. The summed E-state index contributed by atoms with van der Waals surface area (Å²) in [6, 6.07) is 18.3. The van der Waals surface area contributed by atoms with E-state index in [-0.39, 0.29) is 17.9 Å². The number of morpholine rings is 1. The zero-order valence-electron chi connectivity index (χ0n) is 18.4. The topological polar surface area (TPSA) is 70.7 Å². The number of hydrogen-bond acceptors (Lipinski definition) is 4. The van der Waals surface area contributed by atoms with Gasteiger partial charge in [0.25, 0.3) is 5.91 Å². The Morgan fingerprint density at radius 1 is 0.968 bits per heavy atom. The molecule has 1 saturated heterocycles. The van der Waals surface area contributed by atoms with E-state index < -0.39 is 6.04 Å². The Morgan fingerprint density at radius 2 is 1.58 bits per heavy atom. The van der Waals surface area contributed by atoms with Crippen LogP contribution in [0.1, 0.15) is 29.8 Å². The minimum absolute atomic E-state index is 0.160. The zero-order chi connectivity index (χ0) is 22.1. The normalized spacial score (nSPS) is 16.5. The van der Waals surface area contributed by atoms with Gasteiger partial charge in [0.15, 0.2) is 0 Å². The van der Waals surface area contributed by atoms with Crippen LogP contribution in [0.2, 0.25) is 0 Å². The van der Waals surface area contributed by atoms with E-state index in [1.807, 2.05) is 48.5 Å². The van der Waals surface area contributed by atoms with Crippen molar-refractivity contribution in [1.29, 1.82) is 0 Å². The van der Waals surface area contributed by atoms with Crippen molar-refractivity contribution in [3.05, 3.63) is 71.8 Å². The van der Waals surface area contributed by atoms with E-state index in [2.05, 4.69) is 29.4 Å². The van der Waals surface area contributed by atoms with E-state index in [1.54, 1.807) is 12.1 Å². The van der Waals surface area contributed by atoms with Gasteiger partial charge in [0.1, 0.15) is 6.04 Å². The lowest BCUT2D eigenvalue weighted by molar-refractivity contribution is -0.123. The average molecular weight is 424 g/mol. The van der Waals surface area contributed by atoms with E-state index >= 15 is 0 Å². The molecule has 166 valence electrons. The maximum atomic E-state index is 13.2.